The summed E-state index contributed by atoms with van der Waals surface area (Å²) in [6.45, 7) is 6.46. The lowest BCUT2D eigenvalue weighted by Crippen LogP contribution is -2.45. The van der Waals surface area contributed by atoms with Crippen molar-refractivity contribution in [1.82, 2.24) is 10.3 Å². The van der Waals surface area contributed by atoms with Gasteiger partial charge in [0.1, 0.15) is 0 Å². The molecule has 1 heterocycles. The number of hydrogen-bond donors (Lipinski definition) is 2. The van der Waals surface area contributed by atoms with Crippen LogP contribution in [0.25, 0.3) is 0 Å². The molecule has 100 valence electrons. The molecule has 0 bridgehead atoms. The number of hydrogen-bond acceptors (Lipinski definition) is 3. The predicted molar refractivity (Wildman–Crippen MR) is 70.8 cm³/mol. The van der Waals surface area contributed by atoms with Crippen molar-refractivity contribution < 1.29 is 4.74 Å². The lowest BCUT2D eigenvalue weighted by atomic mass is 10.2. The molecule has 0 amide bonds. The topological polar surface area (TPSA) is 62.9 Å². The second kappa shape index (κ2) is 9.24. The number of hydrazine groups is 1. The lowest BCUT2D eigenvalue weighted by molar-refractivity contribution is 0.146. The van der Waals surface area contributed by atoms with Crippen LogP contribution in [0.3, 0.4) is 0 Å². The molecule has 1 rings (SSSR count). The molecular weight excluding hydrogens is 216 g/mol. The summed E-state index contributed by atoms with van der Waals surface area (Å²) >= 11 is 0. The minimum Gasteiger partial charge on any atom is -0.382 e. The van der Waals surface area contributed by atoms with Gasteiger partial charge >= 0.3 is 0 Å². The van der Waals surface area contributed by atoms with Crippen molar-refractivity contribution in [3.05, 3.63) is 0 Å². The van der Waals surface area contributed by atoms with Crippen molar-refractivity contribution in [3.63, 3.8) is 0 Å². The maximum atomic E-state index is 5.54. The number of aliphatic imine (C=N–C) groups is 1. The van der Waals surface area contributed by atoms with Crippen molar-refractivity contribution in [2.24, 2.45) is 10.8 Å². The van der Waals surface area contributed by atoms with E-state index in [-0.39, 0.29) is 0 Å². The van der Waals surface area contributed by atoms with Crippen LogP contribution < -0.4 is 11.3 Å². The Morgan fingerprint density at radius 2 is 2.00 bits per heavy atom. The summed E-state index contributed by atoms with van der Waals surface area (Å²) in [7, 11) is 0. The summed E-state index contributed by atoms with van der Waals surface area (Å²) in [5, 5.41) is 0. The highest BCUT2D eigenvalue weighted by molar-refractivity contribution is 5.79. The number of ether oxygens (including phenoxy) is 1. The molecule has 0 spiro atoms. The fourth-order valence-corrected chi connectivity index (χ4v) is 2.02. The van der Waals surface area contributed by atoms with Crippen LogP contribution in [-0.4, -0.2) is 43.7 Å². The SMILES string of the molecule is CCOCCCN=C(NN)N1CCCCCC1. The first-order chi connectivity index (χ1) is 8.38. The van der Waals surface area contributed by atoms with Crippen molar-refractivity contribution in [1.29, 1.82) is 0 Å². The maximum Gasteiger partial charge on any atom is 0.208 e. The van der Waals surface area contributed by atoms with Gasteiger partial charge in [-0.2, -0.15) is 0 Å². The molecule has 1 fully saturated rings. The summed E-state index contributed by atoms with van der Waals surface area (Å²) in [5.41, 5.74) is 2.73. The molecule has 0 aliphatic carbocycles. The van der Waals surface area contributed by atoms with E-state index in [9.17, 15) is 0 Å². The Hall–Kier alpha value is -0.810. The van der Waals surface area contributed by atoms with E-state index in [1.54, 1.807) is 0 Å². The third kappa shape index (κ3) is 5.89. The third-order valence-corrected chi connectivity index (χ3v) is 2.95. The molecule has 17 heavy (non-hydrogen) atoms. The van der Waals surface area contributed by atoms with Gasteiger partial charge in [-0.25, -0.2) is 5.84 Å². The smallest absolute Gasteiger partial charge is 0.208 e. The minimum atomic E-state index is 0.774. The zero-order valence-corrected chi connectivity index (χ0v) is 11.0. The first kappa shape index (κ1) is 14.3. The van der Waals surface area contributed by atoms with Gasteiger partial charge in [0.15, 0.2) is 0 Å². The van der Waals surface area contributed by atoms with E-state index < -0.39 is 0 Å². The van der Waals surface area contributed by atoms with E-state index in [4.69, 9.17) is 10.6 Å². The molecule has 1 aliphatic rings. The molecule has 5 heteroatoms. The van der Waals surface area contributed by atoms with Crippen LogP contribution >= 0.6 is 0 Å². The first-order valence-corrected chi connectivity index (χ1v) is 6.72. The van der Waals surface area contributed by atoms with Gasteiger partial charge in [-0.1, -0.05) is 12.8 Å². The Bertz CT molecular complexity index is 213. The lowest BCUT2D eigenvalue weighted by Gasteiger charge is -2.23. The third-order valence-electron chi connectivity index (χ3n) is 2.95. The van der Waals surface area contributed by atoms with Gasteiger partial charge in [0.25, 0.3) is 0 Å². The van der Waals surface area contributed by atoms with E-state index in [2.05, 4.69) is 15.3 Å². The monoisotopic (exact) mass is 242 g/mol. The molecule has 0 aromatic heterocycles. The fraction of sp³-hybridized carbons (Fsp3) is 0.917. The highest BCUT2D eigenvalue weighted by Gasteiger charge is 2.12. The number of nitrogens with zero attached hydrogens (tertiary/aromatic N) is 2. The van der Waals surface area contributed by atoms with Crippen molar-refractivity contribution in [2.45, 2.75) is 39.0 Å². The molecule has 1 aliphatic heterocycles. The van der Waals surface area contributed by atoms with E-state index in [0.29, 0.717) is 0 Å². The molecule has 0 saturated carbocycles. The summed E-state index contributed by atoms with van der Waals surface area (Å²) in [5.74, 6) is 6.38. The Morgan fingerprint density at radius 3 is 2.59 bits per heavy atom. The molecule has 0 aromatic rings. The Morgan fingerprint density at radius 1 is 1.29 bits per heavy atom. The van der Waals surface area contributed by atoms with E-state index in [1.807, 2.05) is 6.92 Å². The molecule has 0 atom stereocenters. The zero-order chi connectivity index (χ0) is 12.3. The fourth-order valence-electron chi connectivity index (χ4n) is 2.02. The standard InChI is InChI=1S/C12H26N4O/c1-2-17-11-7-8-14-12(15-13)16-9-5-3-4-6-10-16/h2-11,13H2,1H3,(H,14,15). The molecule has 0 unspecified atom stereocenters. The van der Waals surface area contributed by atoms with Crippen molar-refractivity contribution >= 4 is 5.96 Å². The highest BCUT2D eigenvalue weighted by atomic mass is 16.5. The average Bonchev–Trinajstić information content (AvgIpc) is 2.63. The summed E-state index contributed by atoms with van der Waals surface area (Å²) in [4.78, 5) is 6.76. The van der Waals surface area contributed by atoms with Crippen LogP contribution in [0.5, 0.6) is 0 Å². The van der Waals surface area contributed by atoms with Gasteiger partial charge in [0, 0.05) is 32.8 Å². The van der Waals surface area contributed by atoms with Gasteiger partial charge in [-0.05, 0) is 26.2 Å². The van der Waals surface area contributed by atoms with Gasteiger partial charge in [0.2, 0.25) is 5.96 Å². The second-order valence-corrected chi connectivity index (χ2v) is 4.30. The molecular formula is C12H26N4O. The van der Waals surface area contributed by atoms with Crippen LogP contribution in [-0.2, 0) is 4.74 Å². The number of nitrogens with one attached hydrogen (secondary N) is 1. The Kier molecular flexibility index (Phi) is 7.75. The van der Waals surface area contributed by atoms with Gasteiger partial charge in [-0.3, -0.25) is 10.4 Å². The van der Waals surface area contributed by atoms with Crippen LogP contribution in [0.2, 0.25) is 0 Å². The van der Waals surface area contributed by atoms with Crippen LogP contribution in [0, 0.1) is 0 Å². The summed E-state index contributed by atoms with van der Waals surface area (Å²) in [6.07, 6.45) is 6.06. The van der Waals surface area contributed by atoms with Crippen molar-refractivity contribution in [2.75, 3.05) is 32.8 Å². The average molecular weight is 242 g/mol. The molecule has 1 saturated heterocycles. The molecule has 5 nitrogen and oxygen atoms in total. The molecule has 0 radical (unpaired) electrons. The molecule has 0 aromatic carbocycles. The van der Waals surface area contributed by atoms with Crippen LogP contribution in [0.1, 0.15) is 39.0 Å². The quantitative estimate of drug-likeness (QED) is 0.249. The Balaban J connectivity index is 2.31. The summed E-state index contributed by atoms with van der Waals surface area (Å²) in [6, 6.07) is 0. The highest BCUT2D eigenvalue weighted by Crippen LogP contribution is 2.09. The number of guanidine groups is 1. The number of rotatable bonds is 5. The first-order valence-electron chi connectivity index (χ1n) is 6.72. The van der Waals surface area contributed by atoms with Crippen molar-refractivity contribution in [3.8, 4) is 0 Å². The molecule has 3 N–H and O–H groups in total. The summed E-state index contributed by atoms with van der Waals surface area (Å²) < 4.78 is 5.28. The predicted octanol–water partition coefficient (Wildman–Crippen LogP) is 1.11. The van der Waals surface area contributed by atoms with Crippen LogP contribution in [0.4, 0.5) is 0 Å². The maximum absolute atomic E-state index is 5.54. The largest absolute Gasteiger partial charge is 0.382 e. The van der Waals surface area contributed by atoms with E-state index >= 15 is 0 Å². The van der Waals surface area contributed by atoms with Gasteiger partial charge in [-0.15, -0.1) is 0 Å². The van der Waals surface area contributed by atoms with E-state index in [0.717, 1.165) is 45.2 Å². The second-order valence-electron chi connectivity index (χ2n) is 4.30. The Labute approximate surface area is 104 Å². The van der Waals surface area contributed by atoms with Crippen LogP contribution in [0.15, 0.2) is 4.99 Å². The zero-order valence-electron chi connectivity index (χ0n) is 11.0. The van der Waals surface area contributed by atoms with Gasteiger partial charge in [0.05, 0.1) is 0 Å². The number of likely N-dealkylation sites (tertiary alicyclic amines) is 1. The number of nitrogens with two attached hydrogens (primary N) is 1. The minimum absolute atomic E-state index is 0.774. The van der Waals surface area contributed by atoms with Gasteiger partial charge < -0.3 is 9.64 Å². The normalized spacial score (nSPS) is 18.0. The van der Waals surface area contributed by atoms with E-state index in [1.165, 1.54) is 25.7 Å².